The molecule has 1 aromatic rings. The van der Waals surface area contributed by atoms with Gasteiger partial charge in [0.25, 0.3) is 0 Å². The maximum Gasteiger partial charge on any atom is 0.243 e. The van der Waals surface area contributed by atoms with Crippen LogP contribution in [0.2, 0.25) is 0 Å². The van der Waals surface area contributed by atoms with Gasteiger partial charge in [0.2, 0.25) is 10.0 Å². The fraction of sp³-hybridized carbons (Fsp3) is 0.500. The van der Waals surface area contributed by atoms with Gasteiger partial charge >= 0.3 is 0 Å². The lowest BCUT2D eigenvalue weighted by molar-refractivity contribution is 0.382. The molecule has 0 unspecified atom stereocenters. The minimum Gasteiger partial charge on any atom is -0.310 e. The highest BCUT2D eigenvalue weighted by molar-refractivity contribution is 7.89. The van der Waals surface area contributed by atoms with Crippen LogP contribution in [0.3, 0.4) is 0 Å². The van der Waals surface area contributed by atoms with Crippen molar-refractivity contribution >= 4 is 10.0 Å². The molecule has 21 heavy (non-hydrogen) atoms. The zero-order valence-corrected chi connectivity index (χ0v) is 14.2. The van der Waals surface area contributed by atoms with Gasteiger partial charge in [0.15, 0.2) is 0 Å². The molecule has 0 aliphatic carbocycles. The summed E-state index contributed by atoms with van der Waals surface area (Å²) in [4.78, 5) is 0.369. The van der Waals surface area contributed by atoms with Crippen LogP contribution in [0.1, 0.15) is 33.3 Å². The van der Waals surface area contributed by atoms with Gasteiger partial charge in [-0.2, -0.15) is 4.31 Å². The number of nitrogens with one attached hydrogen (secondary N) is 1. The first-order chi connectivity index (χ1) is 9.80. The molecule has 0 atom stereocenters. The Morgan fingerprint density at radius 3 is 2.38 bits per heavy atom. The minimum atomic E-state index is -3.52. The topological polar surface area (TPSA) is 49.4 Å². The van der Waals surface area contributed by atoms with Crippen molar-refractivity contribution in [2.75, 3.05) is 6.54 Å². The molecule has 0 spiro atoms. The Morgan fingerprint density at radius 1 is 1.24 bits per heavy atom. The second kappa shape index (κ2) is 7.73. The quantitative estimate of drug-likeness (QED) is 0.751. The van der Waals surface area contributed by atoms with Gasteiger partial charge in [-0.1, -0.05) is 38.1 Å². The van der Waals surface area contributed by atoms with Gasteiger partial charge in [0.05, 0.1) is 4.90 Å². The van der Waals surface area contributed by atoms with E-state index in [1.807, 2.05) is 39.8 Å². The smallest absolute Gasteiger partial charge is 0.243 e. The maximum absolute atomic E-state index is 12.9. The summed E-state index contributed by atoms with van der Waals surface area (Å²) < 4.78 is 27.2. The maximum atomic E-state index is 12.9. The monoisotopic (exact) mass is 310 g/mol. The Kier molecular flexibility index (Phi) is 6.58. The van der Waals surface area contributed by atoms with Crippen LogP contribution in [-0.2, 0) is 16.6 Å². The second-order valence-corrected chi connectivity index (χ2v) is 7.46. The third-order valence-corrected chi connectivity index (χ3v) is 5.29. The average molecular weight is 310 g/mol. The van der Waals surface area contributed by atoms with E-state index in [1.165, 1.54) is 4.31 Å². The van der Waals surface area contributed by atoms with Crippen molar-refractivity contribution in [2.24, 2.45) is 0 Å². The Bertz CT molecular complexity index is 565. The van der Waals surface area contributed by atoms with E-state index in [9.17, 15) is 8.42 Å². The third-order valence-electron chi connectivity index (χ3n) is 3.15. The summed E-state index contributed by atoms with van der Waals surface area (Å²) in [6.07, 6.45) is 1.62. The van der Waals surface area contributed by atoms with Gasteiger partial charge in [-0.15, -0.1) is 6.58 Å². The molecule has 0 aliphatic rings. The van der Waals surface area contributed by atoms with Crippen LogP contribution in [0, 0.1) is 0 Å². The predicted molar refractivity (Wildman–Crippen MR) is 87.6 cm³/mol. The number of sulfonamides is 1. The number of benzene rings is 1. The van der Waals surface area contributed by atoms with E-state index < -0.39 is 10.0 Å². The van der Waals surface area contributed by atoms with Gasteiger partial charge < -0.3 is 5.32 Å². The Hall–Kier alpha value is -1.17. The highest BCUT2D eigenvalue weighted by Crippen LogP contribution is 2.22. The second-order valence-electron chi connectivity index (χ2n) is 5.60. The largest absolute Gasteiger partial charge is 0.310 e. The van der Waals surface area contributed by atoms with Gasteiger partial charge in [0, 0.05) is 25.2 Å². The molecule has 1 N–H and O–H groups in total. The van der Waals surface area contributed by atoms with Crippen LogP contribution in [-0.4, -0.2) is 31.4 Å². The summed E-state index contributed by atoms with van der Waals surface area (Å²) >= 11 is 0. The van der Waals surface area contributed by atoms with E-state index in [4.69, 9.17) is 0 Å². The zero-order chi connectivity index (χ0) is 16.0. The fourth-order valence-electron chi connectivity index (χ4n) is 2.06. The molecule has 0 fully saturated rings. The van der Waals surface area contributed by atoms with Crippen molar-refractivity contribution < 1.29 is 8.42 Å². The molecule has 1 rings (SSSR count). The summed E-state index contributed by atoms with van der Waals surface area (Å²) in [7, 11) is -3.52. The molecule has 1 aromatic carbocycles. The molecule has 0 saturated carbocycles. The highest BCUT2D eigenvalue weighted by Gasteiger charge is 2.27. The number of hydrogen-bond acceptors (Lipinski definition) is 3. The van der Waals surface area contributed by atoms with E-state index in [1.54, 1.807) is 18.2 Å². The van der Waals surface area contributed by atoms with Crippen molar-refractivity contribution in [3.05, 3.63) is 42.5 Å². The van der Waals surface area contributed by atoms with Crippen LogP contribution in [0.15, 0.2) is 41.8 Å². The normalized spacial score (nSPS) is 12.3. The number of hydrogen-bond donors (Lipinski definition) is 1. The lowest BCUT2D eigenvalue weighted by Gasteiger charge is -2.26. The average Bonchev–Trinajstić information content (AvgIpc) is 2.42. The first-order valence-corrected chi connectivity index (χ1v) is 8.68. The van der Waals surface area contributed by atoms with E-state index in [2.05, 4.69) is 11.9 Å². The molecule has 0 aliphatic heterocycles. The molecule has 5 heteroatoms. The summed E-state index contributed by atoms with van der Waals surface area (Å²) in [5.41, 5.74) is 0.793. The van der Waals surface area contributed by atoms with Gasteiger partial charge in [-0.25, -0.2) is 8.42 Å². The molecule has 0 heterocycles. The molecule has 0 aromatic heterocycles. The van der Waals surface area contributed by atoms with Crippen molar-refractivity contribution in [1.82, 2.24) is 9.62 Å². The third kappa shape index (κ3) is 4.66. The summed E-state index contributed by atoms with van der Waals surface area (Å²) in [6.45, 7) is 12.3. The molecule has 0 radical (unpaired) electrons. The Morgan fingerprint density at radius 2 is 1.86 bits per heavy atom. The molecule has 118 valence electrons. The van der Waals surface area contributed by atoms with Crippen molar-refractivity contribution in [2.45, 2.75) is 51.2 Å². The standard InChI is InChI=1S/C16H26N2O2S/c1-6-11-18(14(4)5)21(19,20)16-10-8-7-9-15(16)12-17-13(2)3/h6-10,13-14,17H,1,11-12H2,2-5H3. The van der Waals surface area contributed by atoms with E-state index in [-0.39, 0.29) is 6.04 Å². The lowest BCUT2D eigenvalue weighted by Crippen LogP contribution is -2.37. The molecule has 0 saturated heterocycles. The van der Waals surface area contributed by atoms with Gasteiger partial charge in [-0.3, -0.25) is 0 Å². The molecular weight excluding hydrogens is 284 g/mol. The van der Waals surface area contributed by atoms with Crippen molar-refractivity contribution in [3.8, 4) is 0 Å². The predicted octanol–water partition coefficient (Wildman–Crippen LogP) is 2.77. The lowest BCUT2D eigenvalue weighted by atomic mass is 10.2. The van der Waals surface area contributed by atoms with E-state index >= 15 is 0 Å². The molecule has 0 amide bonds. The van der Waals surface area contributed by atoms with Crippen LogP contribution in [0.25, 0.3) is 0 Å². The van der Waals surface area contributed by atoms with Crippen molar-refractivity contribution in [3.63, 3.8) is 0 Å². The van der Waals surface area contributed by atoms with Gasteiger partial charge in [-0.05, 0) is 25.5 Å². The van der Waals surface area contributed by atoms with Crippen LogP contribution >= 0.6 is 0 Å². The first-order valence-electron chi connectivity index (χ1n) is 7.24. The van der Waals surface area contributed by atoms with Crippen LogP contribution < -0.4 is 5.32 Å². The summed E-state index contributed by atoms with van der Waals surface area (Å²) in [5.74, 6) is 0. The molecule has 0 bridgehead atoms. The minimum absolute atomic E-state index is 0.112. The SMILES string of the molecule is C=CCN(C(C)C)S(=O)(=O)c1ccccc1CNC(C)C. The van der Waals surface area contributed by atoms with E-state index in [0.717, 1.165) is 5.56 Å². The van der Waals surface area contributed by atoms with E-state index in [0.29, 0.717) is 24.0 Å². The van der Waals surface area contributed by atoms with Crippen LogP contribution in [0.4, 0.5) is 0 Å². The molecule has 4 nitrogen and oxygen atoms in total. The summed E-state index contributed by atoms with van der Waals surface area (Å²) in [6, 6.07) is 7.34. The zero-order valence-electron chi connectivity index (χ0n) is 13.3. The Balaban J connectivity index is 3.20. The Labute approximate surface area is 128 Å². The molecular formula is C16H26N2O2S. The van der Waals surface area contributed by atoms with Crippen LogP contribution in [0.5, 0.6) is 0 Å². The number of nitrogens with zero attached hydrogens (tertiary/aromatic N) is 1. The highest BCUT2D eigenvalue weighted by atomic mass is 32.2. The van der Waals surface area contributed by atoms with Gasteiger partial charge in [0.1, 0.15) is 0 Å². The summed E-state index contributed by atoms with van der Waals surface area (Å²) in [5, 5.41) is 3.27. The first kappa shape index (κ1) is 17.9. The number of rotatable bonds is 8. The fourth-order valence-corrected chi connectivity index (χ4v) is 3.89. The van der Waals surface area contributed by atoms with Crippen molar-refractivity contribution in [1.29, 1.82) is 0 Å².